The summed E-state index contributed by atoms with van der Waals surface area (Å²) in [5.41, 5.74) is 8.56. The zero-order chi connectivity index (χ0) is 17.9. The molecule has 4 rings (SSSR count). The van der Waals surface area contributed by atoms with Crippen LogP contribution in [0.4, 0.5) is 5.95 Å². The van der Waals surface area contributed by atoms with Crippen LogP contribution in [0.1, 0.15) is 11.9 Å². The molecule has 0 spiro atoms. The maximum Gasteiger partial charge on any atom is 0.356 e. The van der Waals surface area contributed by atoms with Gasteiger partial charge in [0.25, 0.3) is 0 Å². The fourth-order valence-electron chi connectivity index (χ4n) is 3.55. The molecule has 7 nitrogen and oxygen atoms in total. The number of para-hydroxylation sites is 2. The second-order valence-electron chi connectivity index (χ2n) is 6.59. The number of nitrogen functional groups attached to an aromatic ring is 1. The summed E-state index contributed by atoms with van der Waals surface area (Å²) in [6.07, 6.45) is 0.828. The average Bonchev–Trinajstić information content (AvgIpc) is 3.29. The number of hydrogen-bond acceptors (Lipinski definition) is 5. The Morgan fingerprint density at radius 3 is 2.69 bits per heavy atom. The lowest BCUT2D eigenvalue weighted by molar-refractivity contribution is -0.666. The molecule has 1 unspecified atom stereocenters. The summed E-state index contributed by atoms with van der Waals surface area (Å²) >= 11 is 0. The summed E-state index contributed by atoms with van der Waals surface area (Å²) in [5.74, 6) is 1.19. The van der Waals surface area contributed by atoms with E-state index in [2.05, 4.69) is 15.5 Å². The van der Waals surface area contributed by atoms with Crippen molar-refractivity contribution in [2.75, 3.05) is 38.6 Å². The highest BCUT2D eigenvalue weighted by Gasteiger charge is 2.24. The molecule has 0 bridgehead atoms. The number of imidazole rings is 1. The molecule has 1 aromatic carbocycles. The van der Waals surface area contributed by atoms with E-state index in [1.54, 1.807) is 18.4 Å². The second kappa shape index (κ2) is 7.49. The monoisotopic (exact) mass is 357 g/mol. The number of morpholine rings is 1. The zero-order valence-electron chi connectivity index (χ0n) is 14.8. The number of rotatable bonds is 6. The number of furan rings is 1. The van der Waals surface area contributed by atoms with Crippen LogP contribution in [0.5, 0.6) is 0 Å². The molecule has 138 valence electrons. The quantitative estimate of drug-likeness (QED) is 0.648. The standard InChI is InChI=1S/C19H24N4O3/c20-19-22(8-7-21-9-12-25-13-10-21)15-4-1-2-5-16(15)23(19)14-17(24)18-6-3-11-26-18/h1-6,11,17,20,24H,7-10,12-14H2/p+1. The van der Waals surface area contributed by atoms with E-state index >= 15 is 0 Å². The molecule has 1 saturated heterocycles. The number of aromatic nitrogens is 2. The molecule has 0 saturated carbocycles. The highest BCUT2D eigenvalue weighted by Crippen LogP contribution is 2.19. The van der Waals surface area contributed by atoms with Crippen molar-refractivity contribution < 1.29 is 18.8 Å². The number of anilines is 1. The van der Waals surface area contributed by atoms with Gasteiger partial charge in [-0.2, -0.15) is 0 Å². The Balaban J connectivity index is 1.60. The molecule has 0 aliphatic carbocycles. The van der Waals surface area contributed by atoms with Crippen molar-refractivity contribution in [2.45, 2.75) is 19.2 Å². The highest BCUT2D eigenvalue weighted by atomic mass is 16.5. The molecule has 26 heavy (non-hydrogen) atoms. The molecule has 1 fully saturated rings. The van der Waals surface area contributed by atoms with E-state index in [1.807, 2.05) is 22.8 Å². The minimum Gasteiger partial charge on any atom is -0.466 e. The molecule has 0 radical (unpaired) electrons. The van der Waals surface area contributed by atoms with E-state index in [0.29, 0.717) is 18.3 Å². The first-order valence-electron chi connectivity index (χ1n) is 9.02. The Labute approximate surface area is 152 Å². The van der Waals surface area contributed by atoms with Crippen LogP contribution < -0.4 is 10.3 Å². The van der Waals surface area contributed by atoms with Crippen LogP contribution in [0.3, 0.4) is 0 Å². The molecule has 1 aliphatic rings. The van der Waals surface area contributed by atoms with Gasteiger partial charge in [0.15, 0.2) is 0 Å². The maximum atomic E-state index is 10.5. The number of fused-ring (bicyclic) bond motifs is 1. The SMILES string of the molecule is Nc1n(CCN2CCOCC2)c2ccccc2[n+]1CC(O)c1ccco1. The first kappa shape index (κ1) is 17.1. The van der Waals surface area contributed by atoms with Crippen molar-refractivity contribution in [3.8, 4) is 0 Å². The highest BCUT2D eigenvalue weighted by molar-refractivity contribution is 5.73. The van der Waals surface area contributed by atoms with Crippen LogP contribution in [0.15, 0.2) is 47.1 Å². The van der Waals surface area contributed by atoms with E-state index in [-0.39, 0.29) is 0 Å². The average molecular weight is 357 g/mol. The van der Waals surface area contributed by atoms with Gasteiger partial charge in [0.1, 0.15) is 29.4 Å². The minimum atomic E-state index is -0.740. The topological polar surface area (TPSA) is 80.7 Å². The van der Waals surface area contributed by atoms with Gasteiger partial charge >= 0.3 is 5.95 Å². The molecule has 7 heteroatoms. The predicted octanol–water partition coefficient (Wildman–Crippen LogP) is 1.17. The lowest BCUT2D eigenvalue weighted by atomic mass is 10.2. The van der Waals surface area contributed by atoms with E-state index in [0.717, 1.165) is 50.4 Å². The number of benzene rings is 1. The number of aliphatic hydroxyl groups is 1. The van der Waals surface area contributed by atoms with Gasteiger partial charge in [-0.1, -0.05) is 12.1 Å². The van der Waals surface area contributed by atoms with Gasteiger partial charge in [-0.05, 0) is 24.3 Å². The number of nitrogens with zero attached hydrogens (tertiary/aromatic N) is 3. The summed E-state index contributed by atoms with van der Waals surface area (Å²) in [7, 11) is 0. The summed E-state index contributed by atoms with van der Waals surface area (Å²) < 4.78 is 14.8. The third-order valence-electron chi connectivity index (χ3n) is 4.99. The summed E-state index contributed by atoms with van der Waals surface area (Å²) in [4.78, 5) is 2.39. The fourth-order valence-corrected chi connectivity index (χ4v) is 3.55. The Morgan fingerprint density at radius 1 is 1.12 bits per heavy atom. The van der Waals surface area contributed by atoms with Crippen LogP contribution in [0.2, 0.25) is 0 Å². The van der Waals surface area contributed by atoms with Gasteiger partial charge in [-0.3, -0.25) is 10.6 Å². The number of hydrogen-bond donors (Lipinski definition) is 2. The van der Waals surface area contributed by atoms with Crippen LogP contribution in [-0.4, -0.2) is 47.4 Å². The molecule has 3 N–H and O–H groups in total. The second-order valence-corrected chi connectivity index (χ2v) is 6.59. The Bertz CT molecular complexity index is 853. The van der Waals surface area contributed by atoms with Gasteiger partial charge < -0.3 is 14.3 Å². The van der Waals surface area contributed by atoms with Crippen molar-refractivity contribution in [1.29, 1.82) is 0 Å². The van der Waals surface area contributed by atoms with E-state index in [4.69, 9.17) is 14.9 Å². The maximum absolute atomic E-state index is 10.5. The van der Waals surface area contributed by atoms with Crippen LogP contribution >= 0.6 is 0 Å². The summed E-state index contributed by atoms with van der Waals surface area (Å²) in [6.45, 7) is 5.56. The van der Waals surface area contributed by atoms with Gasteiger partial charge in [0.05, 0.1) is 26.0 Å². The van der Waals surface area contributed by atoms with Crippen molar-refractivity contribution in [2.24, 2.45) is 0 Å². The van der Waals surface area contributed by atoms with E-state index < -0.39 is 6.10 Å². The van der Waals surface area contributed by atoms with Gasteiger partial charge in [-0.25, -0.2) is 9.13 Å². The molecular formula is C19H25N4O3+. The van der Waals surface area contributed by atoms with Crippen molar-refractivity contribution in [3.05, 3.63) is 48.4 Å². The lowest BCUT2D eigenvalue weighted by Gasteiger charge is -2.26. The normalized spacial score (nSPS) is 17.0. The Kier molecular flexibility index (Phi) is 4.92. The number of nitrogens with two attached hydrogens (primary N) is 1. The van der Waals surface area contributed by atoms with Gasteiger partial charge in [-0.15, -0.1) is 0 Å². The Hall–Kier alpha value is -2.35. The molecule has 2 aromatic heterocycles. The minimum absolute atomic E-state index is 0.352. The largest absolute Gasteiger partial charge is 0.466 e. The molecule has 3 aromatic rings. The lowest BCUT2D eigenvalue weighted by Crippen LogP contribution is -2.40. The summed E-state index contributed by atoms with van der Waals surface area (Å²) in [5, 5.41) is 10.5. The Morgan fingerprint density at radius 2 is 1.92 bits per heavy atom. The molecular weight excluding hydrogens is 332 g/mol. The molecule has 0 amide bonds. The first-order valence-corrected chi connectivity index (χ1v) is 9.02. The zero-order valence-corrected chi connectivity index (χ0v) is 14.8. The summed E-state index contributed by atoms with van der Waals surface area (Å²) in [6, 6.07) is 11.7. The number of aliphatic hydroxyl groups excluding tert-OH is 1. The molecule has 1 aliphatic heterocycles. The molecule has 3 heterocycles. The van der Waals surface area contributed by atoms with Crippen LogP contribution in [-0.2, 0) is 17.8 Å². The van der Waals surface area contributed by atoms with Gasteiger partial charge in [0.2, 0.25) is 0 Å². The third-order valence-corrected chi connectivity index (χ3v) is 4.99. The van der Waals surface area contributed by atoms with Crippen molar-refractivity contribution in [3.63, 3.8) is 0 Å². The van der Waals surface area contributed by atoms with Crippen molar-refractivity contribution >= 4 is 17.0 Å². The number of ether oxygens (including phenoxy) is 1. The fraction of sp³-hybridized carbons (Fsp3) is 0.421. The van der Waals surface area contributed by atoms with E-state index in [9.17, 15) is 5.11 Å². The molecule has 1 atom stereocenters. The van der Waals surface area contributed by atoms with Crippen molar-refractivity contribution in [1.82, 2.24) is 9.47 Å². The van der Waals surface area contributed by atoms with Crippen LogP contribution in [0.25, 0.3) is 11.0 Å². The van der Waals surface area contributed by atoms with Crippen LogP contribution in [0, 0.1) is 0 Å². The third kappa shape index (κ3) is 3.33. The smallest absolute Gasteiger partial charge is 0.356 e. The van der Waals surface area contributed by atoms with Gasteiger partial charge in [0, 0.05) is 19.6 Å². The predicted molar refractivity (Wildman–Crippen MR) is 97.5 cm³/mol. The first-order chi connectivity index (χ1) is 12.7. The van der Waals surface area contributed by atoms with E-state index in [1.165, 1.54) is 0 Å².